The molecule has 2 aromatic rings. The largest absolute Gasteiger partial charge is 0.325 e. The molecule has 0 spiro atoms. The van der Waals surface area contributed by atoms with Crippen LogP contribution in [0.5, 0.6) is 0 Å². The van der Waals surface area contributed by atoms with Crippen LogP contribution in [0.2, 0.25) is 5.02 Å². The molecule has 0 radical (unpaired) electrons. The van der Waals surface area contributed by atoms with Crippen LogP contribution in [0.25, 0.3) is 11.1 Å². The van der Waals surface area contributed by atoms with E-state index in [1.54, 1.807) is 0 Å². The lowest BCUT2D eigenvalue weighted by Gasteiger charge is -2.09. The lowest BCUT2D eigenvalue weighted by atomic mass is 10.0. The highest BCUT2D eigenvalue weighted by Gasteiger charge is 2.21. The Hall–Kier alpha value is -1.32. The van der Waals surface area contributed by atoms with Crippen LogP contribution in [0.4, 0.5) is 5.69 Å². The Morgan fingerprint density at radius 1 is 1.17 bits per heavy atom. The van der Waals surface area contributed by atoms with Gasteiger partial charge in [0.05, 0.1) is 12.1 Å². The monoisotopic (exact) mass is 321 g/mol. The molecule has 0 fully saturated rings. The lowest BCUT2D eigenvalue weighted by molar-refractivity contribution is -0.115. The fourth-order valence-corrected chi connectivity index (χ4v) is 2.80. The summed E-state index contributed by atoms with van der Waals surface area (Å²) in [6.07, 6.45) is 0.440. The quantitative estimate of drug-likeness (QED) is 0.835. The number of fused-ring (bicyclic) bond motifs is 1. The molecule has 2 aromatic carbocycles. The number of amides is 1. The van der Waals surface area contributed by atoms with Gasteiger partial charge < -0.3 is 5.32 Å². The van der Waals surface area contributed by atoms with Crippen LogP contribution in [0.15, 0.2) is 40.9 Å². The van der Waals surface area contributed by atoms with Crippen molar-refractivity contribution in [2.75, 3.05) is 5.32 Å². The Kier molecular flexibility index (Phi) is 2.88. The minimum atomic E-state index is 0.0401. The van der Waals surface area contributed by atoms with Crippen molar-refractivity contribution >= 4 is 39.1 Å². The summed E-state index contributed by atoms with van der Waals surface area (Å²) in [5, 5.41) is 3.62. The third-order valence-corrected chi connectivity index (χ3v) is 3.67. The number of hydrogen-bond acceptors (Lipinski definition) is 1. The second kappa shape index (κ2) is 4.41. The summed E-state index contributed by atoms with van der Waals surface area (Å²) in [5.74, 6) is 0.0401. The van der Waals surface area contributed by atoms with Gasteiger partial charge in [-0.25, -0.2) is 0 Å². The molecule has 1 amide bonds. The SMILES string of the molecule is O=C1Cc2cc(Br)cc(-c3ccc(Cl)cc3)c2N1. The fourth-order valence-electron chi connectivity index (χ4n) is 2.16. The van der Waals surface area contributed by atoms with Gasteiger partial charge in [0.25, 0.3) is 0 Å². The smallest absolute Gasteiger partial charge is 0.228 e. The predicted octanol–water partition coefficient (Wildman–Crippen LogP) is 4.26. The summed E-state index contributed by atoms with van der Waals surface area (Å²) in [7, 11) is 0. The summed E-state index contributed by atoms with van der Waals surface area (Å²) in [6.45, 7) is 0. The van der Waals surface area contributed by atoms with Crippen molar-refractivity contribution in [3.05, 3.63) is 51.5 Å². The van der Waals surface area contributed by atoms with E-state index in [4.69, 9.17) is 11.6 Å². The first-order chi connectivity index (χ1) is 8.63. The van der Waals surface area contributed by atoms with E-state index < -0.39 is 0 Å². The van der Waals surface area contributed by atoms with Gasteiger partial charge in [-0.05, 0) is 35.4 Å². The second-order valence-electron chi connectivity index (χ2n) is 4.22. The maximum absolute atomic E-state index is 11.5. The maximum Gasteiger partial charge on any atom is 0.228 e. The molecule has 0 saturated carbocycles. The number of benzene rings is 2. The molecule has 1 aliphatic heterocycles. The van der Waals surface area contributed by atoms with Gasteiger partial charge in [0, 0.05) is 15.1 Å². The van der Waals surface area contributed by atoms with E-state index in [1.807, 2.05) is 36.4 Å². The number of carbonyl (C=O) groups is 1. The fraction of sp³-hybridized carbons (Fsp3) is 0.0714. The summed E-state index contributed by atoms with van der Waals surface area (Å²) in [5.41, 5.74) is 3.99. The van der Waals surface area contributed by atoms with Crippen LogP contribution in [0, 0.1) is 0 Å². The first kappa shape index (κ1) is 11.8. The molecule has 1 N–H and O–H groups in total. The molecule has 0 bridgehead atoms. The minimum Gasteiger partial charge on any atom is -0.325 e. The zero-order chi connectivity index (χ0) is 12.7. The molecule has 0 aliphatic carbocycles. The molecule has 1 heterocycles. The summed E-state index contributed by atoms with van der Waals surface area (Å²) >= 11 is 9.37. The summed E-state index contributed by atoms with van der Waals surface area (Å²) < 4.78 is 0.975. The van der Waals surface area contributed by atoms with Crippen molar-refractivity contribution in [3.8, 4) is 11.1 Å². The van der Waals surface area contributed by atoms with Crippen molar-refractivity contribution in [1.82, 2.24) is 0 Å². The highest BCUT2D eigenvalue weighted by Crippen LogP contribution is 2.37. The Bertz CT molecular complexity index is 637. The molecule has 18 heavy (non-hydrogen) atoms. The van der Waals surface area contributed by atoms with E-state index in [-0.39, 0.29) is 5.91 Å². The van der Waals surface area contributed by atoms with Crippen LogP contribution < -0.4 is 5.32 Å². The van der Waals surface area contributed by atoms with Crippen molar-refractivity contribution in [2.45, 2.75) is 6.42 Å². The highest BCUT2D eigenvalue weighted by molar-refractivity contribution is 9.10. The van der Waals surface area contributed by atoms with Gasteiger partial charge in [-0.3, -0.25) is 4.79 Å². The van der Waals surface area contributed by atoms with E-state index in [9.17, 15) is 4.79 Å². The lowest BCUT2D eigenvalue weighted by Crippen LogP contribution is -2.04. The maximum atomic E-state index is 11.5. The van der Waals surface area contributed by atoms with Gasteiger partial charge in [0.2, 0.25) is 5.91 Å². The molecule has 2 nitrogen and oxygen atoms in total. The van der Waals surface area contributed by atoms with Gasteiger partial charge >= 0.3 is 0 Å². The van der Waals surface area contributed by atoms with Crippen molar-refractivity contribution < 1.29 is 4.79 Å². The van der Waals surface area contributed by atoms with Crippen LogP contribution >= 0.6 is 27.5 Å². The average molecular weight is 323 g/mol. The number of rotatable bonds is 1. The number of nitrogens with one attached hydrogen (secondary N) is 1. The topological polar surface area (TPSA) is 29.1 Å². The van der Waals surface area contributed by atoms with Gasteiger partial charge in [0.1, 0.15) is 0 Å². The second-order valence-corrected chi connectivity index (χ2v) is 5.57. The number of hydrogen-bond donors (Lipinski definition) is 1. The third-order valence-electron chi connectivity index (χ3n) is 2.96. The van der Waals surface area contributed by atoms with E-state index in [0.29, 0.717) is 11.4 Å². The Balaban J connectivity index is 2.18. The molecule has 4 heteroatoms. The molecule has 0 saturated heterocycles. The highest BCUT2D eigenvalue weighted by atomic mass is 79.9. The Morgan fingerprint density at radius 3 is 2.61 bits per heavy atom. The Labute approximate surface area is 118 Å². The zero-order valence-corrected chi connectivity index (χ0v) is 11.7. The molecule has 90 valence electrons. The van der Waals surface area contributed by atoms with Gasteiger partial charge in [-0.1, -0.05) is 39.7 Å². The molecule has 0 atom stereocenters. The van der Waals surface area contributed by atoms with Crippen LogP contribution in [-0.2, 0) is 11.2 Å². The third kappa shape index (κ3) is 2.04. The van der Waals surface area contributed by atoms with Gasteiger partial charge in [-0.2, -0.15) is 0 Å². The standard InChI is InChI=1S/C14H9BrClNO/c15-10-5-9-6-13(18)17-14(9)12(7-10)8-1-3-11(16)4-2-8/h1-5,7H,6H2,(H,17,18). The molecular formula is C14H9BrClNO. The molecule has 3 rings (SSSR count). The molecule has 0 unspecified atom stereocenters. The normalized spacial score (nSPS) is 13.3. The van der Waals surface area contributed by atoms with E-state index in [1.165, 1.54) is 0 Å². The van der Waals surface area contributed by atoms with Crippen LogP contribution in [0.1, 0.15) is 5.56 Å². The zero-order valence-electron chi connectivity index (χ0n) is 9.34. The number of carbonyl (C=O) groups excluding carboxylic acids is 1. The Morgan fingerprint density at radius 2 is 1.89 bits per heavy atom. The predicted molar refractivity (Wildman–Crippen MR) is 76.9 cm³/mol. The minimum absolute atomic E-state index is 0.0401. The van der Waals surface area contributed by atoms with Crippen molar-refractivity contribution in [2.24, 2.45) is 0 Å². The van der Waals surface area contributed by atoms with Crippen molar-refractivity contribution in [3.63, 3.8) is 0 Å². The molecule has 1 aliphatic rings. The number of halogens is 2. The average Bonchev–Trinajstić information content (AvgIpc) is 2.69. The van der Waals surface area contributed by atoms with E-state index >= 15 is 0 Å². The van der Waals surface area contributed by atoms with Crippen LogP contribution in [-0.4, -0.2) is 5.91 Å². The number of anilines is 1. The summed E-state index contributed by atoms with van der Waals surface area (Å²) in [4.78, 5) is 11.5. The van der Waals surface area contributed by atoms with Crippen molar-refractivity contribution in [1.29, 1.82) is 0 Å². The van der Waals surface area contributed by atoms with Gasteiger partial charge in [0.15, 0.2) is 0 Å². The summed E-state index contributed by atoms with van der Waals surface area (Å²) in [6, 6.07) is 11.6. The first-order valence-corrected chi connectivity index (χ1v) is 6.69. The van der Waals surface area contributed by atoms with Gasteiger partial charge in [-0.15, -0.1) is 0 Å². The molecular weight excluding hydrogens is 314 g/mol. The van der Waals surface area contributed by atoms with E-state index in [0.717, 1.165) is 26.9 Å². The van der Waals surface area contributed by atoms with Crippen LogP contribution in [0.3, 0.4) is 0 Å². The molecule has 0 aromatic heterocycles. The van der Waals surface area contributed by atoms with E-state index in [2.05, 4.69) is 21.2 Å². The first-order valence-electron chi connectivity index (χ1n) is 5.52.